The summed E-state index contributed by atoms with van der Waals surface area (Å²) in [6.45, 7) is 37.1. The predicted molar refractivity (Wildman–Crippen MR) is 356 cm³/mol. The molecular weight excluding hydrogens is 963 g/mol. The molecule has 0 bridgehead atoms. The lowest BCUT2D eigenvalue weighted by Gasteiger charge is -2.38. The third-order valence-electron chi connectivity index (χ3n) is 18.7. The van der Waals surface area contributed by atoms with Gasteiger partial charge < -0.3 is 14.9 Å². The monoisotopic (exact) mass is 1110 g/mol. The average molecular weight is 1120 g/mol. The molecule has 1 heterocycles. The first-order valence-corrected chi connectivity index (χ1v) is 37.0. The molecule has 0 aromatic rings. The minimum atomic E-state index is -0.198. The highest BCUT2D eigenvalue weighted by atomic mass is 16.3. The van der Waals surface area contributed by atoms with Gasteiger partial charge in [-0.05, 0) is 56.4 Å². The summed E-state index contributed by atoms with van der Waals surface area (Å²) in [6, 6.07) is 0. The van der Waals surface area contributed by atoms with Gasteiger partial charge in [-0.25, -0.2) is 0 Å². The lowest BCUT2D eigenvalue weighted by Crippen LogP contribution is -2.51. The van der Waals surface area contributed by atoms with Gasteiger partial charge in [-0.15, -0.1) is 0 Å². The molecule has 0 spiro atoms. The number of piperazine rings is 1. The first-order valence-electron chi connectivity index (χ1n) is 37.0. The maximum Gasteiger partial charge on any atom is 0.0667 e. The van der Waals surface area contributed by atoms with E-state index in [-0.39, 0.29) is 6.10 Å². The van der Waals surface area contributed by atoms with E-state index in [1.54, 1.807) is 0 Å². The Morgan fingerprint density at radius 3 is 0.823 bits per heavy atom. The Balaban J connectivity index is 2.90. The highest BCUT2D eigenvalue weighted by molar-refractivity contribution is 4.78. The first-order chi connectivity index (χ1) is 38.7. The van der Waals surface area contributed by atoms with E-state index in [2.05, 4.69) is 79.9 Å². The minimum Gasteiger partial charge on any atom is -0.392 e. The molecule has 4 atom stereocenters. The highest BCUT2D eigenvalue weighted by Crippen LogP contribution is 2.20. The number of aliphatic hydroxyl groups is 1. The van der Waals surface area contributed by atoms with Crippen LogP contribution in [0.4, 0.5) is 0 Å². The molecule has 1 saturated heterocycles. The Bertz CT molecular complexity index is 1140. The van der Waals surface area contributed by atoms with E-state index >= 15 is 0 Å². The topological polar surface area (TPSA) is 36.4 Å². The van der Waals surface area contributed by atoms with Crippen LogP contribution in [-0.2, 0) is 0 Å². The van der Waals surface area contributed by atoms with Gasteiger partial charge in [0.05, 0.1) is 6.10 Å². The molecule has 0 aliphatic carbocycles. The van der Waals surface area contributed by atoms with Crippen molar-refractivity contribution < 1.29 is 5.11 Å². The maximum atomic E-state index is 11.6. The van der Waals surface area contributed by atoms with E-state index in [1.807, 2.05) is 0 Å². The molecule has 0 amide bonds. The zero-order valence-corrected chi connectivity index (χ0v) is 56.1. The van der Waals surface area contributed by atoms with Crippen molar-refractivity contribution in [3.05, 3.63) is 0 Å². The SMILES string of the molecule is CCCCCCCCCCCCN(CCN1CCN(CCN(CCN(CC(C)CCCCCCCCCC)CC(O)CCCCCCCCCC)CC(C)CCCCCCCCCC)CC1)CC(C)CCCCCCCCCC. The summed E-state index contributed by atoms with van der Waals surface area (Å²) in [6.07, 6.45) is 63.8. The Morgan fingerprint density at radius 1 is 0.266 bits per heavy atom. The summed E-state index contributed by atoms with van der Waals surface area (Å²) in [5.41, 5.74) is 0. The first kappa shape index (κ1) is 76.8. The van der Waals surface area contributed by atoms with Crippen molar-refractivity contribution in [2.24, 2.45) is 17.8 Å². The van der Waals surface area contributed by atoms with Gasteiger partial charge in [-0.1, -0.05) is 319 Å². The van der Waals surface area contributed by atoms with E-state index in [1.165, 1.54) is 361 Å². The van der Waals surface area contributed by atoms with Crippen LogP contribution in [0, 0.1) is 17.8 Å². The van der Waals surface area contributed by atoms with Crippen LogP contribution in [0.3, 0.4) is 0 Å². The second-order valence-corrected chi connectivity index (χ2v) is 27.2. The van der Waals surface area contributed by atoms with Crippen molar-refractivity contribution in [2.75, 3.05) is 98.2 Å². The van der Waals surface area contributed by atoms with E-state index in [4.69, 9.17) is 0 Å². The number of aliphatic hydroxyl groups excluding tert-OH is 1. The van der Waals surface area contributed by atoms with Gasteiger partial charge in [0.15, 0.2) is 0 Å². The number of hydrogen-bond donors (Lipinski definition) is 1. The van der Waals surface area contributed by atoms with Gasteiger partial charge >= 0.3 is 0 Å². The standard InChI is InChI=1S/C73H151N5O/c1-9-14-19-24-29-34-35-40-45-50-55-76(66-70(6)51-46-41-36-30-25-20-15-10-2)62-60-74-56-58-75(59-57-74)61-63-77(67-71(7)52-47-42-37-31-26-21-16-11-3)64-65-78(68-72(8)53-48-43-38-32-27-22-17-12-4)69-73(79)54-49-44-39-33-28-23-18-13-5/h70-73,79H,9-69H2,1-8H3. The van der Waals surface area contributed by atoms with Gasteiger partial charge in [-0.2, -0.15) is 0 Å². The third-order valence-corrected chi connectivity index (χ3v) is 18.7. The van der Waals surface area contributed by atoms with Crippen LogP contribution in [0.25, 0.3) is 0 Å². The van der Waals surface area contributed by atoms with Crippen LogP contribution in [0.1, 0.15) is 351 Å². The van der Waals surface area contributed by atoms with Crippen LogP contribution in [-0.4, -0.2) is 134 Å². The fourth-order valence-corrected chi connectivity index (χ4v) is 13.1. The van der Waals surface area contributed by atoms with Crippen molar-refractivity contribution in [2.45, 2.75) is 357 Å². The highest BCUT2D eigenvalue weighted by Gasteiger charge is 2.22. The molecule has 79 heavy (non-hydrogen) atoms. The van der Waals surface area contributed by atoms with Gasteiger partial charge in [0.1, 0.15) is 0 Å². The van der Waals surface area contributed by atoms with Crippen LogP contribution >= 0.6 is 0 Å². The summed E-state index contributed by atoms with van der Waals surface area (Å²) in [7, 11) is 0. The molecule has 474 valence electrons. The molecule has 1 fully saturated rings. The third kappa shape index (κ3) is 51.9. The van der Waals surface area contributed by atoms with Crippen LogP contribution < -0.4 is 0 Å². The zero-order chi connectivity index (χ0) is 57.3. The smallest absolute Gasteiger partial charge is 0.0667 e. The van der Waals surface area contributed by atoms with Gasteiger partial charge in [0.25, 0.3) is 0 Å². The largest absolute Gasteiger partial charge is 0.392 e. The number of rotatable bonds is 64. The molecule has 1 N–H and O–H groups in total. The molecule has 1 rings (SSSR count). The minimum absolute atomic E-state index is 0.198. The fourth-order valence-electron chi connectivity index (χ4n) is 13.1. The van der Waals surface area contributed by atoms with Crippen LogP contribution in [0.15, 0.2) is 0 Å². The summed E-state index contributed by atoms with van der Waals surface area (Å²) in [5, 5.41) is 11.6. The normalized spacial score (nSPS) is 15.3. The summed E-state index contributed by atoms with van der Waals surface area (Å²) in [4.78, 5) is 14.1. The number of nitrogens with zero attached hydrogens (tertiary/aromatic N) is 5. The molecular formula is C73H151N5O. The van der Waals surface area contributed by atoms with Crippen molar-refractivity contribution in [1.29, 1.82) is 0 Å². The summed E-state index contributed by atoms with van der Waals surface area (Å²) >= 11 is 0. The number of unbranched alkanes of at least 4 members (excludes halogenated alkanes) is 37. The van der Waals surface area contributed by atoms with Crippen molar-refractivity contribution in [3.8, 4) is 0 Å². The molecule has 0 aromatic carbocycles. The average Bonchev–Trinajstić information content (AvgIpc) is 3.45. The molecule has 1 aliphatic heterocycles. The Kier molecular flexibility index (Phi) is 57.8. The molecule has 0 aromatic heterocycles. The second-order valence-electron chi connectivity index (χ2n) is 27.2. The molecule has 0 saturated carbocycles. The molecule has 6 nitrogen and oxygen atoms in total. The molecule has 1 aliphatic rings. The lowest BCUT2D eigenvalue weighted by atomic mass is 10.00. The lowest BCUT2D eigenvalue weighted by molar-refractivity contribution is 0.0784. The van der Waals surface area contributed by atoms with Crippen LogP contribution in [0.5, 0.6) is 0 Å². The van der Waals surface area contributed by atoms with Crippen LogP contribution in [0.2, 0.25) is 0 Å². The van der Waals surface area contributed by atoms with Gasteiger partial charge in [-0.3, -0.25) is 14.7 Å². The zero-order valence-electron chi connectivity index (χ0n) is 56.1. The van der Waals surface area contributed by atoms with E-state index in [0.717, 1.165) is 44.4 Å². The summed E-state index contributed by atoms with van der Waals surface area (Å²) in [5.74, 6) is 2.24. The van der Waals surface area contributed by atoms with E-state index < -0.39 is 0 Å². The number of hydrogen-bond acceptors (Lipinski definition) is 6. The second kappa shape index (κ2) is 59.5. The molecule has 0 radical (unpaired) electrons. The Hall–Kier alpha value is -0.240. The quantitative estimate of drug-likeness (QED) is 0.0612. The van der Waals surface area contributed by atoms with Crippen molar-refractivity contribution in [1.82, 2.24) is 24.5 Å². The summed E-state index contributed by atoms with van der Waals surface area (Å²) < 4.78 is 0. The van der Waals surface area contributed by atoms with E-state index in [0.29, 0.717) is 5.92 Å². The van der Waals surface area contributed by atoms with Gasteiger partial charge in [0.2, 0.25) is 0 Å². The van der Waals surface area contributed by atoms with E-state index in [9.17, 15) is 5.11 Å². The molecule has 6 heteroatoms. The fraction of sp³-hybridized carbons (Fsp3) is 1.00. The predicted octanol–water partition coefficient (Wildman–Crippen LogP) is 20.8. The maximum absolute atomic E-state index is 11.6. The van der Waals surface area contributed by atoms with Crippen molar-refractivity contribution in [3.63, 3.8) is 0 Å². The van der Waals surface area contributed by atoms with Crippen molar-refractivity contribution >= 4 is 0 Å². The Morgan fingerprint density at radius 2 is 0.506 bits per heavy atom. The Labute approximate surface area is 500 Å². The molecule has 4 unspecified atom stereocenters. The van der Waals surface area contributed by atoms with Gasteiger partial charge in [0, 0.05) is 91.6 Å².